The van der Waals surface area contributed by atoms with E-state index in [0.717, 1.165) is 56.5 Å². The molecule has 1 fully saturated rings. The van der Waals surface area contributed by atoms with Crippen LogP contribution in [0, 0.1) is 13.8 Å². The smallest absolute Gasteiger partial charge is 0.226 e. The third-order valence-corrected chi connectivity index (χ3v) is 4.96. The third-order valence-electron chi connectivity index (χ3n) is 4.72. The molecule has 28 heavy (non-hydrogen) atoms. The number of halogens is 2. The predicted octanol–water partition coefficient (Wildman–Crippen LogP) is 3.29. The van der Waals surface area contributed by atoms with E-state index in [4.69, 9.17) is 16.1 Å². The molecule has 1 aliphatic heterocycles. The molecule has 1 aromatic heterocycles. The van der Waals surface area contributed by atoms with Gasteiger partial charge in [-0.3, -0.25) is 4.99 Å². The number of nitrogens with zero attached hydrogens (tertiary/aromatic N) is 5. The number of anilines is 1. The Kier molecular flexibility index (Phi) is 8.81. The van der Waals surface area contributed by atoms with Gasteiger partial charge < -0.3 is 19.6 Å². The topological polar surface area (TPSA) is 69.8 Å². The van der Waals surface area contributed by atoms with Gasteiger partial charge in [-0.05, 0) is 38.0 Å². The number of benzene rings is 1. The van der Waals surface area contributed by atoms with E-state index in [1.165, 1.54) is 11.3 Å². The van der Waals surface area contributed by atoms with Crippen LogP contribution in [0.25, 0.3) is 0 Å². The lowest BCUT2D eigenvalue weighted by Gasteiger charge is -2.38. The van der Waals surface area contributed by atoms with Crippen molar-refractivity contribution < 1.29 is 4.52 Å². The van der Waals surface area contributed by atoms with Crippen molar-refractivity contribution in [2.24, 2.45) is 4.99 Å². The molecular weight excluding hydrogens is 491 g/mol. The van der Waals surface area contributed by atoms with Crippen LogP contribution in [-0.4, -0.2) is 60.8 Å². The maximum absolute atomic E-state index is 6.17. The second kappa shape index (κ2) is 10.8. The predicted molar refractivity (Wildman–Crippen MR) is 124 cm³/mol. The molecular formula is C19H28ClIN6O. The number of rotatable bonds is 5. The lowest BCUT2D eigenvalue weighted by atomic mass is 10.1. The Balaban J connectivity index is 0.00000280. The Labute approximate surface area is 188 Å². The summed E-state index contributed by atoms with van der Waals surface area (Å²) in [5.74, 6) is 2.32. The highest BCUT2D eigenvalue weighted by Crippen LogP contribution is 2.25. The minimum Gasteiger partial charge on any atom is -0.368 e. The van der Waals surface area contributed by atoms with E-state index in [-0.39, 0.29) is 24.0 Å². The van der Waals surface area contributed by atoms with Crippen molar-refractivity contribution in [3.8, 4) is 0 Å². The quantitative estimate of drug-likeness (QED) is 0.284. The Morgan fingerprint density at radius 3 is 2.64 bits per heavy atom. The van der Waals surface area contributed by atoms with Crippen molar-refractivity contribution in [1.82, 2.24) is 20.4 Å². The minimum atomic E-state index is 0. The fourth-order valence-electron chi connectivity index (χ4n) is 3.30. The first kappa shape index (κ1) is 22.7. The molecule has 0 saturated carbocycles. The number of nitrogens with one attached hydrogen (secondary N) is 1. The van der Waals surface area contributed by atoms with Crippen molar-refractivity contribution >= 4 is 47.2 Å². The zero-order valence-corrected chi connectivity index (χ0v) is 19.7. The van der Waals surface area contributed by atoms with Gasteiger partial charge in [0.05, 0.1) is 0 Å². The van der Waals surface area contributed by atoms with Crippen molar-refractivity contribution in [3.05, 3.63) is 40.5 Å². The molecule has 0 unspecified atom stereocenters. The third kappa shape index (κ3) is 5.97. The van der Waals surface area contributed by atoms with Crippen LogP contribution in [-0.2, 0) is 6.42 Å². The van der Waals surface area contributed by atoms with Gasteiger partial charge in [-0.25, -0.2) is 0 Å². The number of aliphatic imine (C=N–C) groups is 1. The summed E-state index contributed by atoms with van der Waals surface area (Å²) in [6.07, 6.45) is 1.69. The number of aryl methyl sites for hydroxylation is 3. The molecule has 154 valence electrons. The first-order valence-corrected chi connectivity index (χ1v) is 9.70. The molecule has 3 rings (SSSR count). The minimum absolute atomic E-state index is 0. The average molecular weight is 519 g/mol. The zero-order valence-electron chi connectivity index (χ0n) is 16.6. The van der Waals surface area contributed by atoms with Crippen LogP contribution in [0.15, 0.2) is 27.7 Å². The molecule has 7 nitrogen and oxygen atoms in total. The summed E-state index contributed by atoms with van der Waals surface area (Å²) < 4.78 is 5.14. The number of piperazine rings is 1. The molecule has 0 atom stereocenters. The van der Waals surface area contributed by atoms with Crippen molar-refractivity contribution in [2.45, 2.75) is 26.7 Å². The van der Waals surface area contributed by atoms with Gasteiger partial charge in [0.15, 0.2) is 11.8 Å². The Morgan fingerprint density at radius 2 is 2.00 bits per heavy atom. The molecule has 2 heterocycles. The molecule has 2 aromatic rings. The molecule has 1 saturated heterocycles. The fraction of sp³-hybridized carbons (Fsp3) is 0.526. The molecule has 0 amide bonds. The van der Waals surface area contributed by atoms with E-state index in [2.05, 4.69) is 49.3 Å². The van der Waals surface area contributed by atoms with E-state index in [1.54, 1.807) is 0 Å². The number of aromatic nitrogens is 2. The monoisotopic (exact) mass is 518 g/mol. The second-order valence-electron chi connectivity index (χ2n) is 6.72. The maximum atomic E-state index is 6.17. The van der Waals surface area contributed by atoms with Gasteiger partial charge in [0.2, 0.25) is 5.89 Å². The highest BCUT2D eigenvalue weighted by atomic mass is 127. The molecule has 1 aliphatic rings. The van der Waals surface area contributed by atoms with Crippen LogP contribution in [0.4, 0.5) is 5.69 Å². The molecule has 0 aliphatic carbocycles. The summed E-state index contributed by atoms with van der Waals surface area (Å²) in [5.41, 5.74) is 2.48. The van der Waals surface area contributed by atoms with Crippen molar-refractivity contribution in [3.63, 3.8) is 0 Å². The summed E-state index contributed by atoms with van der Waals surface area (Å²) in [5, 5.41) is 8.03. The summed E-state index contributed by atoms with van der Waals surface area (Å²) in [6, 6.07) is 6.08. The van der Waals surface area contributed by atoms with Crippen molar-refractivity contribution in [2.75, 3.05) is 44.7 Å². The molecule has 1 N–H and O–H groups in total. The highest BCUT2D eigenvalue weighted by molar-refractivity contribution is 14.0. The number of guanidine groups is 1. The number of hydrogen-bond acceptors (Lipinski definition) is 5. The van der Waals surface area contributed by atoms with Gasteiger partial charge in [-0.15, -0.1) is 24.0 Å². The van der Waals surface area contributed by atoms with Gasteiger partial charge in [0.1, 0.15) is 0 Å². The lowest BCUT2D eigenvalue weighted by molar-refractivity contribution is 0.365. The van der Waals surface area contributed by atoms with Crippen LogP contribution < -0.4 is 10.2 Å². The Bertz CT molecular complexity index is 788. The van der Waals surface area contributed by atoms with Gasteiger partial charge in [0.25, 0.3) is 0 Å². The second-order valence-corrected chi connectivity index (χ2v) is 7.15. The van der Waals surface area contributed by atoms with Crippen LogP contribution >= 0.6 is 35.6 Å². The number of hydrogen-bond donors (Lipinski definition) is 1. The standard InChI is InChI=1S/C19H27ClN6O.HI/c1-14-6-7-16(20)13-17(14)25-9-11-26(12-10-25)19(21-3)22-8-4-5-18-23-15(2)24-27-18;/h6-7,13H,4-5,8-12H2,1-3H3,(H,21,22);1H. The van der Waals surface area contributed by atoms with Crippen LogP contribution in [0.3, 0.4) is 0 Å². The first-order chi connectivity index (χ1) is 13.1. The van der Waals surface area contributed by atoms with E-state index >= 15 is 0 Å². The van der Waals surface area contributed by atoms with Crippen LogP contribution in [0.5, 0.6) is 0 Å². The van der Waals surface area contributed by atoms with Gasteiger partial charge in [-0.1, -0.05) is 22.8 Å². The fourth-order valence-corrected chi connectivity index (χ4v) is 3.46. The van der Waals surface area contributed by atoms with E-state index in [9.17, 15) is 0 Å². The average Bonchev–Trinajstić information content (AvgIpc) is 3.09. The SMILES string of the molecule is CN=C(NCCCc1nc(C)no1)N1CCN(c2cc(Cl)ccc2C)CC1.I. The summed E-state index contributed by atoms with van der Waals surface area (Å²) in [6.45, 7) is 8.53. The Hall–Kier alpha value is -1.55. The summed E-state index contributed by atoms with van der Waals surface area (Å²) >= 11 is 6.17. The van der Waals surface area contributed by atoms with Gasteiger partial charge in [0, 0.05) is 56.9 Å². The summed E-state index contributed by atoms with van der Waals surface area (Å²) in [4.78, 5) is 13.3. The van der Waals surface area contributed by atoms with Crippen molar-refractivity contribution in [1.29, 1.82) is 0 Å². The highest BCUT2D eigenvalue weighted by Gasteiger charge is 2.20. The maximum Gasteiger partial charge on any atom is 0.226 e. The Morgan fingerprint density at radius 1 is 1.25 bits per heavy atom. The normalized spacial score (nSPS) is 14.8. The van der Waals surface area contributed by atoms with Crippen LogP contribution in [0.2, 0.25) is 5.02 Å². The first-order valence-electron chi connectivity index (χ1n) is 9.32. The summed E-state index contributed by atoms with van der Waals surface area (Å²) in [7, 11) is 1.83. The van der Waals surface area contributed by atoms with Crippen LogP contribution in [0.1, 0.15) is 23.7 Å². The molecule has 0 spiro atoms. The molecule has 1 aromatic carbocycles. The van der Waals surface area contributed by atoms with E-state index in [1.807, 2.05) is 20.0 Å². The van der Waals surface area contributed by atoms with E-state index in [0.29, 0.717) is 11.7 Å². The molecule has 9 heteroatoms. The largest absolute Gasteiger partial charge is 0.368 e. The molecule has 0 radical (unpaired) electrons. The zero-order chi connectivity index (χ0) is 19.2. The van der Waals surface area contributed by atoms with E-state index < -0.39 is 0 Å². The van der Waals surface area contributed by atoms with Gasteiger partial charge in [-0.2, -0.15) is 4.98 Å². The molecule has 0 bridgehead atoms. The van der Waals surface area contributed by atoms with Gasteiger partial charge >= 0.3 is 0 Å². The lowest BCUT2D eigenvalue weighted by Crippen LogP contribution is -2.52.